The first kappa shape index (κ1) is 23.5. The fourth-order valence-corrected chi connectivity index (χ4v) is 4.14. The zero-order chi connectivity index (χ0) is 23.3. The highest BCUT2D eigenvalue weighted by molar-refractivity contribution is 7.89. The standard InChI is InChI=1S/C19H17F3N4O4S2/c1-26(13-5-3-7-15(9-13)32(28,29)24-10-16(21)22)19(27)25-18-23-11-17(31-18)30-14-6-2-4-12(20)8-14/h2-9,11,16,24H,10H2,1H3,(H,23,25,27). The van der Waals surface area contributed by atoms with Gasteiger partial charge in [-0.15, -0.1) is 0 Å². The van der Waals surface area contributed by atoms with Crippen LogP contribution in [0.2, 0.25) is 0 Å². The SMILES string of the molecule is CN(C(=O)Nc1ncc(Oc2cccc(F)c2)s1)c1cccc(S(=O)(=O)NCC(F)F)c1. The zero-order valence-corrected chi connectivity index (χ0v) is 18.1. The smallest absolute Gasteiger partial charge is 0.327 e. The Bertz CT molecular complexity index is 1200. The van der Waals surface area contributed by atoms with E-state index >= 15 is 0 Å². The van der Waals surface area contributed by atoms with Crippen LogP contribution in [0.3, 0.4) is 0 Å². The highest BCUT2D eigenvalue weighted by Crippen LogP contribution is 2.31. The number of carbonyl (C=O) groups excluding carboxylic acids is 1. The number of ether oxygens (including phenoxy) is 1. The Balaban J connectivity index is 1.67. The molecule has 32 heavy (non-hydrogen) atoms. The molecule has 2 amide bonds. The minimum absolute atomic E-state index is 0.190. The van der Waals surface area contributed by atoms with Crippen molar-refractivity contribution in [1.82, 2.24) is 9.71 Å². The van der Waals surface area contributed by atoms with Crippen molar-refractivity contribution in [2.45, 2.75) is 11.3 Å². The fraction of sp³-hybridized carbons (Fsp3) is 0.158. The van der Waals surface area contributed by atoms with Gasteiger partial charge in [0.1, 0.15) is 11.6 Å². The molecule has 170 valence electrons. The minimum Gasteiger partial charge on any atom is -0.445 e. The van der Waals surface area contributed by atoms with Crippen molar-refractivity contribution in [3.05, 3.63) is 60.5 Å². The van der Waals surface area contributed by atoms with Gasteiger partial charge in [-0.1, -0.05) is 23.5 Å². The summed E-state index contributed by atoms with van der Waals surface area (Å²) in [5.41, 5.74) is 0.204. The summed E-state index contributed by atoms with van der Waals surface area (Å²) in [4.78, 5) is 17.4. The molecule has 13 heteroatoms. The molecule has 0 spiro atoms. The van der Waals surface area contributed by atoms with Gasteiger partial charge in [0.25, 0.3) is 6.43 Å². The number of hydrogen-bond acceptors (Lipinski definition) is 6. The molecule has 0 bridgehead atoms. The molecular weight excluding hydrogens is 469 g/mol. The molecule has 0 fully saturated rings. The molecule has 0 aliphatic heterocycles. The molecule has 1 aromatic heterocycles. The van der Waals surface area contributed by atoms with Crippen LogP contribution in [0.1, 0.15) is 0 Å². The van der Waals surface area contributed by atoms with E-state index in [-0.39, 0.29) is 21.5 Å². The molecule has 0 unspecified atom stereocenters. The first-order chi connectivity index (χ1) is 15.1. The van der Waals surface area contributed by atoms with Gasteiger partial charge in [-0.3, -0.25) is 10.2 Å². The number of benzene rings is 2. The van der Waals surface area contributed by atoms with Crippen LogP contribution in [-0.4, -0.2) is 39.5 Å². The Labute approximate surface area is 185 Å². The van der Waals surface area contributed by atoms with E-state index < -0.39 is 34.8 Å². The molecular formula is C19H17F3N4O4S2. The van der Waals surface area contributed by atoms with Crippen LogP contribution < -0.4 is 19.7 Å². The highest BCUT2D eigenvalue weighted by atomic mass is 32.2. The van der Waals surface area contributed by atoms with Gasteiger partial charge < -0.3 is 4.74 Å². The van der Waals surface area contributed by atoms with E-state index in [1.807, 2.05) is 0 Å². The number of thiazole rings is 1. The monoisotopic (exact) mass is 486 g/mol. The quantitative estimate of drug-likeness (QED) is 0.495. The number of sulfonamides is 1. The lowest BCUT2D eigenvalue weighted by atomic mass is 10.3. The average molecular weight is 486 g/mol. The number of hydrogen-bond donors (Lipinski definition) is 2. The van der Waals surface area contributed by atoms with Crippen molar-refractivity contribution in [3.8, 4) is 10.8 Å². The molecule has 3 aromatic rings. The van der Waals surface area contributed by atoms with Crippen LogP contribution in [0.5, 0.6) is 10.8 Å². The van der Waals surface area contributed by atoms with Gasteiger partial charge in [0, 0.05) is 18.8 Å². The molecule has 1 heterocycles. The van der Waals surface area contributed by atoms with Crippen molar-refractivity contribution in [3.63, 3.8) is 0 Å². The Morgan fingerprint density at radius 3 is 2.69 bits per heavy atom. The zero-order valence-electron chi connectivity index (χ0n) is 16.5. The number of urea groups is 1. The van der Waals surface area contributed by atoms with E-state index in [1.165, 1.54) is 55.7 Å². The van der Waals surface area contributed by atoms with Gasteiger partial charge in [0.05, 0.1) is 17.6 Å². The summed E-state index contributed by atoms with van der Waals surface area (Å²) in [5.74, 6) is -0.196. The first-order valence-corrected chi connectivity index (χ1v) is 11.3. The number of rotatable bonds is 8. The van der Waals surface area contributed by atoms with E-state index in [4.69, 9.17) is 4.74 Å². The number of carbonyl (C=O) groups is 1. The topological polar surface area (TPSA) is 101 Å². The van der Waals surface area contributed by atoms with E-state index in [2.05, 4.69) is 10.3 Å². The Kier molecular flexibility index (Phi) is 7.33. The van der Waals surface area contributed by atoms with Crippen LogP contribution in [0, 0.1) is 5.82 Å². The maximum absolute atomic E-state index is 13.2. The van der Waals surface area contributed by atoms with Crippen LogP contribution >= 0.6 is 11.3 Å². The summed E-state index contributed by atoms with van der Waals surface area (Å²) in [5, 5.41) is 3.03. The molecule has 8 nitrogen and oxygen atoms in total. The number of nitrogens with one attached hydrogen (secondary N) is 2. The summed E-state index contributed by atoms with van der Waals surface area (Å²) in [6.45, 7) is -1.02. The molecule has 3 rings (SSSR count). The number of halogens is 3. The molecule has 0 aliphatic rings. The third-order valence-electron chi connectivity index (χ3n) is 3.96. The lowest BCUT2D eigenvalue weighted by Crippen LogP contribution is -2.32. The Morgan fingerprint density at radius 1 is 1.22 bits per heavy atom. The molecule has 2 N–H and O–H groups in total. The number of aromatic nitrogens is 1. The lowest BCUT2D eigenvalue weighted by Gasteiger charge is -2.18. The molecule has 2 aromatic carbocycles. The third kappa shape index (κ3) is 6.18. The van der Waals surface area contributed by atoms with E-state index in [1.54, 1.807) is 10.8 Å². The summed E-state index contributed by atoms with van der Waals surface area (Å²) in [7, 11) is -2.77. The summed E-state index contributed by atoms with van der Waals surface area (Å²) in [6, 6.07) is 10.1. The predicted molar refractivity (Wildman–Crippen MR) is 114 cm³/mol. The Hall–Kier alpha value is -3.16. The summed E-state index contributed by atoms with van der Waals surface area (Å²) < 4.78 is 69.4. The lowest BCUT2D eigenvalue weighted by molar-refractivity contribution is 0.153. The normalized spacial score (nSPS) is 11.4. The largest absolute Gasteiger partial charge is 0.445 e. The predicted octanol–water partition coefficient (Wildman–Crippen LogP) is 4.29. The second kappa shape index (κ2) is 9.97. The number of nitrogens with zero attached hydrogens (tertiary/aromatic N) is 2. The molecule has 0 atom stereocenters. The van der Waals surface area contributed by atoms with Crippen LogP contribution in [0.4, 0.5) is 28.8 Å². The number of alkyl halides is 2. The van der Waals surface area contributed by atoms with E-state index in [9.17, 15) is 26.4 Å². The molecule has 0 saturated carbocycles. The van der Waals surface area contributed by atoms with Gasteiger partial charge in [0.15, 0.2) is 5.13 Å². The van der Waals surface area contributed by atoms with Crippen LogP contribution in [0.15, 0.2) is 59.6 Å². The van der Waals surface area contributed by atoms with Crippen LogP contribution in [-0.2, 0) is 10.0 Å². The van der Waals surface area contributed by atoms with Crippen LogP contribution in [0.25, 0.3) is 0 Å². The second-order valence-electron chi connectivity index (χ2n) is 6.27. The van der Waals surface area contributed by atoms with Gasteiger partial charge in [-0.2, -0.15) is 0 Å². The molecule has 0 aliphatic carbocycles. The van der Waals surface area contributed by atoms with E-state index in [0.717, 1.165) is 16.2 Å². The summed E-state index contributed by atoms with van der Waals surface area (Å²) in [6.07, 6.45) is -1.48. The first-order valence-electron chi connectivity index (χ1n) is 8.96. The maximum Gasteiger partial charge on any atom is 0.327 e. The third-order valence-corrected chi connectivity index (χ3v) is 6.17. The second-order valence-corrected chi connectivity index (χ2v) is 9.03. The fourth-order valence-electron chi connectivity index (χ4n) is 2.42. The van der Waals surface area contributed by atoms with Crippen molar-refractivity contribution >= 4 is 38.2 Å². The van der Waals surface area contributed by atoms with Gasteiger partial charge >= 0.3 is 6.03 Å². The molecule has 0 saturated heterocycles. The van der Waals surface area contributed by atoms with E-state index in [0.29, 0.717) is 5.06 Å². The van der Waals surface area contributed by atoms with Gasteiger partial charge in [0.2, 0.25) is 15.1 Å². The number of amides is 2. The van der Waals surface area contributed by atoms with Crippen molar-refractivity contribution in [2.24, 2.45) is 0 Å². The maximum atomic E-state index is 13.2. The highest BCUT2D eigenvalue weighted by Gasteiger charge is 2.19. The summed E-state index contributed by atoms with van der Waals surface area (Å²) >= 11 is 1.000. The van der Waals surface area contributed by atoms with Crippen molar-refractivity contribution in [2.75, 3.05) is 23.8 Å². The minimum atomic E-state index is -4.17. The van der Waals surface area contributed by atoms with Gasteiger partial charge in [-0.25, -0.2) is 36.1 Å². The van der Waals surface area contributed by atoms with Crippen molar-refractivity contribution < 1.29 is 31.1 Å². The average Bonchev–Trinajstić information content (AvgIpc) is 3.18. The molecule has 0 radical (unpaired) electrons. The van der Waals surface area contributed by atoms with Crippen molar-refractivity contribution in [1.29, 1.82) is 0 Å². The van der Waals surface area contributed by atoms with Gasteiger partial charge in [-0.05, 0) is 30.3 Å². The Morgan fingerprint density at radius 2 is 1.97 bits per heavy atom. The number of anilines is 2.